The largest absolute Gasteiger partial charge is 0.381 e. The molecule has 1 aliphatic heterocycles. The molecule has 19 heavy (non-hydrogen) atoms. The van der Waals surface area contributed by atoms with Crippen LogP contribution in [0.5, 0.6) is 0 Å². The van der Waals surface area contributed by atoms with Crippen LogP contribution in [-0.2, 0) is 9.47 Å². The van der Waals surface area contributed by atoms with Gasteiger partial charge in [-0.25, -0.2) is 0 Å². The number of likely N-dealkylation sites (N-methyl/N-ethyl adjacent to an activating group) is 1. The quantitative estimate of drug-likeness (QED) is 0.900. The van der Waals surface area contributed by atoms with Crippen LogP contribution in [0, 0.1) is 0 Å². The molecule has 0 saturated carbocycles. The zero-order valence-corrected chi connectivity index (χ0v) is 12.4. The Labute approximate surface area is 120 Å². The topological polar surface area (TPSA) is 30.5 Å². The number of ether oxygens (including phenoxy) is 2. The van der Waals surface area contributed by atoms with Crippen molar-refractivity contribution in [1.29, 1.82) is 0 Å². The van der Waals surface area contributed by atoms with Crippen molar-refractivity contribution in [2.75, 3.05) is 26.9 Å². The minimum atomic E-state index is -0.202. The van der Waals surface area contributed by atoms with E-state index in [1.54, 1.807) is 0 Å². The Balaban J connectivity index is 2.31. The second kappa shape index (κ2) is 6.71. The van der Waals surface area contributed by atoms with E-state index < -0.39 is 0 Å². The summed E-state index contributed by atoms with van der Waals surface area (Å²) in [7, 11) is 1.97. The molecule has 1 atom stereocenters. The standard InChI is InChI=1S/C15H22ClNO2/c1-3-19-15(7-9-18-10-8-15)14(17-2)12-5-4-6-13(16)11-12/h4-6,11,14,17H,3,7-10H2,1-2H3. The van der Waals surface area contributed by atoms with Gasteiger partial charge in [0.2, 0.25) is 0 Å². The first-order chi connectivity index (χ1) is 9.22. The molecule has 1 fully saturated rings. The predicted molar refractivity (Wildman–Crippen MR) is 77.7 cm³/mol. The zero-order valence-electron chi connectivity index (χ0n) is 11.6. The van der Waals surface area contributed by atoms with E-state index in [4.69, 9.17) is 21.1 Å². The smallest absolute Gasteiger partial charge is 0.0919 e. The highest BCUT2D eigenvalue weighted by Gasteiger charge is 2.41. The molecule has 106 valence electrons. The summed E-state index contributed by atoms with van der Waals surface area (Å²) in [6.45, 7) is 4.25. The lowest BCUT2D eigenvalue weighted by Crippen LogP contribution is -2.49. The van der Waals surface area contributed by atoms with E-state index >= 15 is 0 Å². The second-order valence-corrected chi connectivity index (χ2v) is 5.32. The molecule has 1 N–H and O–H groups in total. The average Bonchev–Trinajstić information content (AvgIpc) is 2.41. The molecule has 1 aromatic carbocycles. The highest BCUT2D eigenvalue weighted by Crippen LogP contribution is 2.38. The molecule has 1 aromatic rings. The van der Waals surface area contributed by atoms with Gasteiger partial charge in [-0.15, -0.1) is 0 Å². The average molecular weight is 284 g/mol. The summed E-state index contributed by atoms with van der Waals surface area (Å²) in [5, 5.41) is 4.16. The van der Waals surface area contributed by atoms with Crippen molar-refractivity contribution in [1.82, 2.24) is 5.32 Å². The molecular weight excluding hydrogens is 262 g/mol. The van der Waals surface area contributed by atoms with Gasteiger partial charge in [0.1, 0.15) is 0 Å². The molecule has 1 aliphatic rings. The summed E-state index contributed by atoms with van der Waals surface area (Å²) < 4.78 is 11.6. The van der Waals surface area contributed by atoms with Gasteiger partial charge in [0.25, 0.3) is 0 Å². The van der Waals surface area contributed by atoms with Crippen LogP contribution in [-0.4, -0.2) is 32.5 Å². The molecule has 0 aromatic heterocycles. The molecule has 0 aliphatic carbocycles. The third kappa shape index (κ3) is 3.29. The fraction of sp³-hybridized carbons (Fsp3) is 0.600. The number of nitrogens with one attached hydrogen (secondary N) is 1. The van der Waals surface area contributed by atoms with E-state index in [1.165, 1.54) is 5.56 Å². The lowest BCUT2D eigenvalue weighted by Gasteiger charge is -2.43. The normalized spacial score (nSPS) is 20.2. The van der Waals surface area contributed by atoms with Gasteiger partial charge in [0, 0.05) is 37.7 Å². The monoisotopic (exact) mass is 283 g/mol. The van der Waals surface area contributed by atoms with Crippen molar-refractivity contribution in [3.05, 3.63) is 34.9 Å². The Morgan fingerprint density at radius 2 is 2.16 bits per heavy atom. The lowest BCUT2D eigenvalue weighted by molar-refractivity contribution is -0.127. The van der Waals surface area contributed by atoms with Crippen molar-refractivity contribution in [3.63, 3.8) is 0 Å². The second-order valence-electron chi connectivity index (χ2n) is 4.89. The highest BCUT2D eigenvalue weighted by molar-refractivity contribution is 6.30. The molecule has 1 saturated heterocycles. The molecule has 0 spiro atoms. The lowest BCUT2D eigenvalue weighted by atomic mass is 9.82. The molecule has 0 radical (unpaired) electrons. The molecule has 3 nitrogen and oxygen atoms in total. The van der Waals surface area contributed by atoms with E-state index in [1.807, 2.05) is 32.2 Å². The van der Waals surface area contributed by atoms with E-state index in [0.29, 0.717) is 6.61 Å². The minimum absolute atomic E-state index is 0.134. The number of halogens is 1. The maximum Gasteiger partial charge on any atom is 0.0919 e. The van der Waals surface area contributed by atoms with Gasteiger partial charge < -0.3 is 14.8 Å². The number of hydrogen-bond acceptors (Lipinski definition) is 3. The Morgan fingerprint density at radius 1 is 1.42 bits per heavy atom. The van der Waals surface area contributed by atoms with E-state index in [0.717, 1.165) is 31.1 Å². The van der Waals surface area contributed by atoms with Gasteiger partial charge in [-0.05, 0) is 31.7 Å². The Hall–Kier alpha value is -0.610. The van der Waals surface area contributed by atoms with Crippen LogP contribution in [0.4, 0.5) is 0 Å². The summed E-state index contributed by atoms with van der Waals surface area (Å²) in [4.78, 5) is 0. The molecule has 1 heterocycles. The molecular formula is C15H22ClNO2. The summed E-state index contributed by atoms with van der Waals surface area (Å²) in [5.74, 6) is 0. The van der Waals surface area contributed by atoms with Crippen molar-refractivity contribution in [3.8, 4) is 0 Å². The molecule has 0 amide bonds. The first-order valence-corrected chi connectivity index (χ1v) is 7.24. The van der Waals surface area contributed by atoms with Crippen LogP contribution in [0.2, 0.25) is 5.02 Å². The van der Waals surface area contributed by atoms with Gasteiger partial charge in [-0.2, -0.15) is 0 Å². The third-order valence-corrected chi connectivity index (χ3v) is 4.00. The first kappa shape index (κ1) is 14.8. The Bertz CT molecular complexity index is 399. The van der Waals surface area contributed by atoms with Crippen LogP contribution < -0.4 is 5.32 Å². The first-order valence-electron chi connectivity index (χ1n) is 6.86. The number of benzene rings is 1. The Kier molecular flexibility index (Phi) is 5.22. The molecule has 1 unspecified atom stereocenters. The van der Waals surface area contributed by atoms with Crippen LogP contribution in [0.1, 0.15) is 31.4 Å². The minimum Gasteiger partial charge on any atom is -0.381 e. The van der Waals surface area contributed by atoms with E-state index in [2.05, 4.69) is 11.4 Å². The van der Waals surface area contributed by atoms with Gasteiger partial charge in [-0.3, -0.25) is 0 Å². The van der Waals surface area contributed by atoms with Crippen LogP contribution in [0.3, 0.4) is 0 Å². The van der Waals surface area contributed by atoms with Gasteiger partial charge in [0.15, 0.2) is 0 Å². The van der Waals surface area contributed by atoms with E-state index in [9.17, 15) is 0 Å². The van der Waals surface area contributed by atoms with Crippen LogP contribution in [0.25, 0.3) is 0 Å². The van der Waals surface area contributed by atoms with Gasteiger partial charge in [-0.1, -0.05) is 23.7 Å². The summed E-state index contributed by atoms with van der Waals surface area (Å²) in [6.07, 6.45) is 1.80. The van der Waals surface area contributed by atoms with Crippen molar-refractivity contribution >= 4 is 11.6 Å². The molecule has 0 bridgehead atoms. The third-order valence-electron chi connectivity index (χ3n) is 3.77. The highest BCUT2D eigenvalue weighted by atomic mass is 35.5. The number of hydrogen-bond donors (Lipinski definition) is 1. The van der Waals surface area contributed by atoms with E-state index in [-0.39, 0.29) is 11.6 Å². The summed E-state index contributed by atoms with van der Waals surface area (Å²) >= 11 is 6.11. The summed E-state index contributed by atoms with van der Waals surface area (Å²) in [5.41, 5.74) is 0.970. The molecule has 4 heteroatoms. The maximum absolute atomic E-state index is 6.13. The number of rotatable bonds is 5. The maximum atomic E-state index is 6.13. The van der Waals surface area contributed by atoms with Crippen molar-refractivity contribution in [2.24, 2.45) is 0 Å². The summed E-state index contributed by atoms with van der Waals surface area (Å²) in [6, 6.07) is 8.13. The predicted octanol–water partition coefficient (Wildman–Crippen LogP) is 3.19. The van der Waals surface area contributed by atoms with Crippen LogP contribution >= 0.6 is 11.6 Å². The fourth-order valence-corrected chi connectivity index (χ4v) is 3.14. The van der Waals surface area contributed by atoms with Gasteiger partial charge >= 0.3 is 0 Å². The Morgan fingerprint density at radius 3 is 2.74 bits per heavy atom. The van der Waals surface area contributed by atoms with Crippen molar-refractivity contribution in [2.45, 2.75) is 31.4 Å². The van der Waals surface area contributed by atoms with Crippen LogP contribution in [0.15, 0.2) is 24.3 Å². The fourth-order valence-electron chi connectivity index (χ4n) is 2.94. The zero-order chi connectivity index (χ0) is 13.7. The van der Waals surface area contributed by atoms with Gasteiger partial charge in [0.05, 0.1) is 11.6 Å². The SMILES string of the molecule is CCOC1(C(NC)c2cccc(Cl)c2)CCOCC1. The molecule has 2 rings (SSSR count). The van der Waals surface area contributed by atoms with Crippen molar-refractivity contribution < 1.29 is 9.47 Å².